The van der Waals surface area contributed by atoms with Crippen LogP contribution in [-0.2, 0) is 0 Å². The Kier molecular flexibility index (Phi) is 4.67. The molecule has 3 aromatic heterocycles. The molecule has 166 valence electrons. The number of aromatic nitrogens is 4. The molecule has 2 aliphatic rings. The highest BCUT2D eigenvalue weighted by atomic mass is 19.1. The first-order chi connectivity index (χ1) is 16.1. The molecule has 6 rings (SSSR count). The second-order valence-electron chi connectivity index (χ2n) is 8.73. The van der Waals surface area contributed by atoms with Crippen LogP contribution in [0.5, 0.6) is 0 Å². The second kappa shape index (κ2) is 7.72. The maximum Gasteiger partial charge on any atom is 0.198 e. The third-order valence-corrected chi connectivity index (χ3v) is 6.42. The van der Waals surface area contributed by atoms with E-state index < -0.39 is 17.8 Å². The molecule has 4 heterocycles. The molecule has 1 saturated heterocycles. The highest BCUT2D eigenvalue weighted by Crippen LogP contribution is 2.38. The molecular formula is C25H21F2N5O. The normalized spacial score (nSPS) is 18.2. The van der Waals surface area contributed by atoms with E-state index in [2.05, 4.69) is 19.9 Å². The lowest BCUT2D eigenvalue weighted by molar-refractivity contribution is 0.103. The van der Waals surface area contributed by atoms with E-state index >= 15 is 4.39 Å². The summed E-state index contributed by atoms with van der Waals surface area (Å²) in [7, 11) is 0. The Morgan fingerprint density at radius 3 is 2.55 bits per heavy atom. The minimum atomic E-state index is -0.982. The number of ketones is 1. The number of pyridine rings is 1. The molecule has 0 amide bonds. The van der Waals surface area contributed by atoms with E-state index in [9.17, 15) is 9.18 Å². The minimum absolute atomic E-state index is 0.0433. The molecule has 1 N–H and O–H groups in total. The zero-order valence-electron chi connectivity index (χ0n) is 17.8. The van der Waals surface area contributed by atoms with Gasteiger partial charge in [0, 0.05) is 65.9 Å². The summed E-state index contributed by atoms with van der Waals surface area (Å²) in [6, 6.07) is 6.53. The number of alkyl halides is 1. The molecule has 0 spiro atoms. The van der Waals surface area contributed by atoms with Crippen LogP contribution >= 0.6 is 0 Å². The number of nitrogens with one attached hydrogen (secondary N) is 1. The van der Waals surface area contributed by atoms with Crippen LogP contribution < -0.4 is 4.90 Å². The fourth-order valence-corrected chi connectivity index (χ4v) is 4.41. The molecule has 8 heteroatoms. The van der Waals surface area contributed by atoms with E-state index in [-0.39, 0.29) is 17.8 Å². The minimum Gasteiger partial charge on any atom is -0.366 e. The number of carbonyl (C=O) groups excluding carboxylic acids is 1. The summed E-state index contributed by atoms with van der Waals surface area (Å²) in [5.74, 6) is 0.253. The first-order valence-corrected chi connectivity index (χ1v) is 11.1. The number of hydrogen-bond acceptors (Lipinski definition) is 5. The van der Waals surface area contributed by atoms with E-state index in [4.69, 9.17) is 0 Å². The summed E-state index contributed by atoms with van der Waals surface area (Å²) in [5, 5.41) is 0.596. The highest BCUT2D eigenvalue weighted by Gasteiger charge is 2.28. The summed E-state index contributed by atoms with van der Waals surface area (Å²) in [6.07, 6.45) is 8.44. The molecule has 4 aromatic rings. The molecular weight excluding hydrogens is 424 g/mol. The van der Waals surface area contributed by atoms with Crippen molar-refractivity contribution in [3.63, 3.8) is 0 Å². The Balaban J connectivity index is 1.35. The predicted octanol–water partition coefficient (Wildman–Crippen LogP) is 4.82. The molecule has 1 aliphatic carbocycles. The Hall–Kier alpha value is -3.68. The SMILES string of the molecule is O=C(c1cccc(N2CC[C@@H](F)C2)c1F)c1c[nH]c2ncc(-c3cnc(C4CC4)nc3)cc12. The number of nitrogens with zero attached hydrogens (tertiary/aromatic N) is 4. The Bertz CT molecular complexity index is 1360. The van der Waals surface area contributed by atoms with E-state index in [1.54, 1.807) is 41.8 Å². The Morgan fingerprint density at radius 2 is 1.82 bits per heavy atom. The van der Waals surface area contributed by atoms with Crippen LogP contribution in [-0.4, -0.2) is 45.0 Å². The summed E-state index contributed by atoms with van der Waals surface area (Å²) < 4.78 is 29.0. The first-order valence-electron chi connectivity index (χ1n) is 11.1. The van der Waals surface area contributed by atoms with Crippen LogP contribution in [0.1, 0.15) is 46.9 Å². The Labute approximate surface area is 188 Å². The fourth-order valence-electron chi connectivity index (χ4n) is 4.41. The number of fused-ring (bicyclic) bond motifs is 1. The van der Waals surface area contributed by atoms with Crippen molar-refractivity contribution < 1.29 is 13.6 Å². The predicted molar refractivity (Wildman–Crippen MR) is 121 cm³/mol. The number of rotatable bonds is 5. The van der Waals surface area contributed by atoms with Crippen molar-refractivity contribution in [3.05, 3.63) is 71.8 Å². The number of benzene rings is 1. The van der Waals surface area contributed by atoms with Crippen molar-refractivity contribution in [2.45, 2.75) is 31.4 Å². The average molecular weight is 445 g/mol. The zero-order chi connectivity index (χ0) is 22.5. The van der Waals surface area contributed by atoms with Crippen molar-refractivity contribution in [2.75, 3.05) is 18.0 Å². The number of anilines is 1. The van der Waals surface area contributed by atoms with Gasteiger partial charge in [0.2, 0.25) is 0 Å². The number of aromatic amines is 1. The number of halogens is 2. The van der Waals surface area contributed by atoms with E-state index in [0.29, 0.717) is 35.5 Å². The maximum absolute atomic E-state index is 15.3. The number of H-pyrrole nitrogens is 1. The monoisotopic (exact) mass is 445 g/mol. The largest absolute Gasteiger partial charge is 0.366 e. The van der Waals surface area contributed by atoms with E-state index in [1.165, 1.54) is 6.07 Å². The van der Waals surface area contributed by atoms with Crippen molar-refractivity contribution in [1.29, 1.82) is 0 Å². The van der Waals surface area contributed by atoms with Gasteiger partial charge in [-0.15, -0.1) is 0 Å². The molecule has 0 bridgehead atoms. The van der Waals surface area contributed by atoms with Gasteiger partial charge in [0.05, 0.1) is 11.3 Å². The molecule has 1 atom stereocenters. The molecule has 0 radical (unpaired) electrons. The quantitative estimate of drug-likeness (QED) is 0.446. The molecule has 1 saturated carbocycles. The number of carbonyl (C=O) groups is 1. The summed E-state index contributed by atoms with van der Waals surface area (Å²) in [5.41, 5.74) is 2.66. The van der Waals surface area contributed by atoms with Crippen LogP contribution in [0.3, 0.4) is 0 Å². The lowest BCUT2D eigenvalue weighted by atomic mass is 10.0. The van der Waals surface area contributed by atoms with Crippen molar-refractivity contribution in [2.24, 2.45) is 0 Å². The zero-order valence-corrected chi connectivity index (χ0v) is 17.8. The van der Waals surface area contributed by atoms with Gasteiger partial charge in [0.1, 0.15) is 17.6 Å². The van der Waals surface area contributed by atoms with Crippen molar-refractivity contribution in [1.82, 2.24) is 19.9 Å². The number of hydrogen-bond donors (Lipinski definition) is 1. The molecule has 1 aromatic carbocycles. The van der Waals surface area contributed by atoms with E-state index in [1.807, 2.05) is 6.07 Å². The van der Waals surface area contributed by atoms with Gasteiger partial charge in [-0.2, -0.15) is 0 Å². The van der Waals surface area contributed by atoms with Gasteiger partial charge in [-0.3, -0.25) is 4.79 Å². The van der Waals surface area contributed by atoms with Crippen molar-refractivity contribution in [3.8, 4) is 11.1 Å². The van der Waals surface area contributed by atoms with Crippen LogP contribution in [0.15, 0.2) is 49.1 Å². The summed E-state index contributed by atoms with van der Waals surface area (Å²) in [4.78, 5) is 31.3. The molecule has 33 heavy (non-hydrogen) atoms. The van der Waals surface area contributed by atoms with Gasteiger partial charge in [0.25, 0.3) is 0 Å². The third kappa shape index (κ3) is 3.55. The van der Waals surface area contributed by atoms with Crippen LogP contribution in [0.4, 0.5) is 14.5 Å². The van der Waals surface area contributed by atoms with Crippen LogP contribution in [0.2, 0.25) is 0 Å². The molecule has 6 nitrogen and oxygen atoms in total. The fraction of sp³-hybridized carbons (Fsp3) is 0.280. The van der Waals surface area contributed by atoms with Crippen LogP contribution in [0, 0.1) is 5.82 Å². The molecule has 1 aliphatic heterocycles. The average Bonchev–Trinajstić information content (AvgIpc) is 3.47. The second-order valence-corrected chi connectivity index (χ2v) is 8.73. The maximum atomic E-state index is 15.3. The summed E-state index contributed by atoms with van der Waals surface area (Å²) in [6.45, 7) is 0.564. The molecule has 0 unspecified atom stereocenters. The molecule has 2 fully saturated rings. The first kappa shape index (κ1) is 20.0. The van der Waals surface area contributed by atoms with Crippen LogP contribution in [0.25, 0.3) is 22.2 Å². The van der Waals surface area contributed by atoms with Gasteiger partial charge >= 0.3 is 0 Å². The standard InChI is InChI=1S/C25H21F2N5O/c26-17-6-7-32(13-17)21-3-1-2-18(22(21)27)23(33)20-12-31-25-19(20)8-15(9-30-25)16-10-28-24(29-11-16)14-4-5-14/h1-3,8-12,14,17H,4-7,13H2,(H,30,31)/t17-/m1/s1. The lowest BCUT2D eigenvalue weighted by Crippen LogP contribution is -2.22. The van der Waals surface area contributed by atoms with Crippen molar-refractivity contribution >= 4 is 22.5 Å². The van der Waals surface area contributed by atoms with Gasteiger partial charge in [0.15, 0.2) is 11.6 Å². The van der Waals surface area contributed by atoms with Gasteiger partial charge in [-0.25, -0.2) is 23.7 Å². The Morgan fingerprint density at radius 1 is 1.03 bits per heavy atom. The highest BCUT2D eigenvalue weighted by molar-refractivity contribution is 6.16. The third-order valence-electron chi connectivity index (χ3n) is 6.42. The summed E-state index contributed by atoms with van der Waals surface area (Å²) >= 11 is 0. The van der Waals surface area contributed by atoms with E-state index in [0.717, 1.165) is 29.8 Å². The lowest BCUT2D eigenvalue weighted by Gasteiger charge is -2.19. The van der Waals surface area contributed by atoms with Gasteiger partial charge < -0.3 is 9.88 Å². The smallest absolute Gasteiger partial charge is 0.198 e. The topological polar surface area (TPSA) is 74.8 Å². The van der Waals surface area contributed by atoms with Gasteiger partial charge in [-0.05, 0) is 37.5 Å². The van der Waals surface area contributed by atoms with Gasteiger partial charge in [-0.1, -0.05) is 6.07 Å².